The SMILES string of the molecule is CC(=O)c1sc(NP(=O)(C=C(Cl)c2ccccc2)C=C(Cl)c2ccccc2)nc1C. The van der Waals surface area contributed by atoms with Crippen LogP contribution in [0.5, 0.6) is 0 Å². The minimum atomic E-state index is -3.42. The molecular formula is C22H19Cl2N2O2PS. The van der Waals surface area contributed by atoms with Gasteiger partial charge in [0, 0.05) is 18.6 Å². The third-order valence-electron chi connectivity index (χ3n) is 4.10. The molecule has 30 heavy (non-hydrogen) atoms. The van der Waals surface area contributed by atoms with Crippen molar-refractivity contribution in [2.24, 2.45) is 0 Å². The van der Waals surface area contributed by atoms with Crippen LogP contribution in [0.1, 0.15) is 33.4 Å². The number of halogens is 2. The Bertz CT molecular complexity index is 1100. The molecule has 1 heterocycles. The maximum atomic E-state index is 13.9. The Morgan fingerprint density at radius 3 is 1.83 bits per heavy atom. The topological polar surface area (TPSA) is 59.1 Å². The van der Waals surface area contributed by atoms with Gasteiger partial charge in [0.15, 0.2) is 10.9 Å². The van der Waals surface area contributed by atoms with Crippen molar-refractivity contribution in [2.45, 2.75) is 13.8 Å². The Hall–Kier alpha value is -2.17. The number of benzene rings is 2. The Balaban J connectivity index is 2.05. The molecule has 154 valence electrons. The minimum Gasteiger partial charge on any atom is -0.306 e. The van der Waals surface area contributed by atoms with E-state index in [1.807, 2.05) is 60.7 Å². The molecule has 0 aliphatic rings. The van der Waals surface area contributed by atoms with Crippen LogP contribution in [-0.4, -0.2) is 10.8 Å². The number of aromatic nitrogens is 1. The Labute approximate surface area is 189 Å². The maximum absolute atomic E-state index is 13.9. The van der Waals surface area contributed by atoms with Crippen molar-refractivity contribution >= 4 is 62.8 Å². The minimum absolute atomic E-state index is 0.0939. The van der Waals surface area contributed by atoms with Gasteiger partial charge in [-0.2, -0.15) is 0 Å². The Kier molecular flexibility index (Phi) is 7.32. The molecule has 0 unspecified atom stereocenters. The molecule has 3 aromatic rings. The van der Waals surface area contributed by atoms with Crippen molar-refractivity contribution in [1.82, 2.24) is 4.98 Å². The molecule has 0 radical (unpaired) electrons. The van der Waals surface area contributed by atoms with E-state index in [1.54, 1.807) is 6.92 Å². The van der Waals surface area contributed by atoms with Gasteiger partial charge in [0.1, 0.15) is 0 Å². The van der Waals surface area contributed by atoms with E-state index in [-0.39, 0.29) is 5.78 Å². The highest BCUT2D eigenvalue weighted by Crippen LogP contribution is 2.54. The first kappa shape index (κ1) is 22.5. The van der Waals surface area contributed by atoms with Gasteiger partial charge in [-0.1, -0.05) is 95.2 Å². The quantitative estimate of drug-likeness (QED) is 0.278. The van der Waals surface area contributed by atoms with Crippen molar-refractivity contribution in [3.63, 3.8) is 0 Å². The molecule has 0 aliphatic heterocycles. The van der Waals surface area contributed by atoms with Crippen LogP contribution in [0.4, 0.5) is 5.13 Å². The normalized spacial score (nSPS) is 14.3. The molecule has 0 fully saturated rings. The van der Waals surface area contributed by atoms with E-state index in [4.69, 9.17) is 23.2 Å². The molecule has 3 rings (SSSR count). The van der Waals surface area contributed by atoms with Gasteiger partial charge >= 0.3 is 0 Å². The van der Waals surface area contributed by atoms with Crippen molar-refractivity contribution in [3.05, 3.63) is 94.0 Å². The number of carbonyl (C=O) groups excluding carboxylic acids is 1. The summed E-state index contributed by atoms with van der Waals surface area (Å²) in [6, 6.07) is 18.4. The first-order chi connectivity index (χ1) is 14.3. The summed E-state index contributed by atoms with van der Waals surface area (Å²) in [6.07, 6.45) is 0. The molecule has 4 nitrogen and oxygen atoms in total. The molecule has 0 aliphatic carbocycles. The maximum Gasteiger partial charge on any atom is 0.217 e. The van der Waals surface area contributed by atoms with E-state index in [2.05, 4.69) is 10.1 Å². The lowest BCUT2D eigenvalue weighted by atomic mass is 10.2. The van der Waals surface area contributed by atoms with Crippen LogP contribution in [0, 0.1) is 6.92 Å². The number of hydrogen-bond acceptors (Lipinski definition) is 4. The van der Waals surface area contributed by atoms with Crippen LogP contribution < -0.4 is 5.09 Å². The number of ketones is 1. The van der Waals surface area contributed by atoms with Gasteiger partial charge in [-0.3, -0.25) is 9.36 Å². The third kappa shape index (κ3) is 5.71. The van der Waals surface area contributed by atoms with Crippen LogP contribution in [0.2, 0.25) is 0 Å². The van der Waals surface area contributed by atoms with Gasteiger partial charge in [-0.25, -0.2) is 4.98 Å². The average Bonchev–Trinajstić information content (AvgIpc) is 3.09. The number of thiazole rings is 1. The molecule has 0 spiro atoms. The van der Waals surface area contributed by atoms with E-state index in [0.29, 0.717) is 25.8 Å². The summed E-state index contributed by atoms with van der Waals surface area (Å²) in [4.78, 5) is 16.6. The zero-order valence-electron chi connectivity index (χ0n) is 16.3. The van der Waals surface area contributed by atoms with Crippen molar-refractivity contribution in [3.8, 4) is 0 Å². The first-order valence-corrected chi connectivity index (χ1v) is 12.4. The third-order valence-corrected chi connectivity index (χ3v) is 8.22. The Morgan fingerprint density at radius 2 is 1.43 bits per heavy atom. The monoisotopic (exact) mass is 476 g/mol. The number of nitrogens with one attached hydrogen (secondary N) is 1. The van der Waals surface area contributed by atoms with Gasteiger partial charge in [0.25, 0.3) is 0 Å². The van der Waals surface area contributed by atoms with Gasteiger partial charge in [0.2, 0.25) is 7.29 Å². The molecule has 0 amide bonds. The van der Waals surface area contributed by atoms with E-state index in [1.165, 1.54) is 18.6 Å². The second-order valence-electron chi connectivity index (χ2n) is 6.50. The van der Waals surface area contributed by atoms with Crippen LogP contribution in [0.15, 0.2) is 72.3 Å². The second-order valence-corrected chi connectivity index (χ2v) is 10.5. The number of nitrogens with zero attached hydrogens (tertiary/aromatic N) is 1. The van der Waals surface area contributed by atoms with E-state index in [0.717, 1.165) is 22.5 Å². The lowest BCUT2D eigenvalue weighted by molar-refractivity contribution is 0.102. The summed E-state index contributed by atoms with van der Waals surface area (Å²) in [5.74, 6) is 2.82. The predicted molar refractivity (Wildman–Crippen MR) is 129 cm³/mol. The number of rotatable bonds is 7. The zero-order valence-corrected chi connectivity index (χ0v) is 19.5. The number of aryl methyl sites for hydroxylation is 1. The van der Waals surface area contributed by atoms with Crippen LogP contribution in [0.3, 0.4) is 0 Å². The highest BCUT2D eigenvalue weighted by atomic mass is 35.5. The summed E-state index contributed by atoms with van der Waals surface area (Å²) in [5.41, 5.74) is 2.04. The van der Waals surface area contributed by atoms with E-state index < -0.39 is 7.29 Å². The first-order valence-electron chi connectivity index (χ1n) is 9.01. The van der Waals surface area contributed by atoms with Crippen LogP contribution >= 0.6 is 41.8 Å². The number of Topliss-reactive ketones (excluding diaryl/α,β-unsaturated/α-hetero) is 1. The van der Waals surface area contributed by atoms with E-state index in [9.17, 15) is 9.36 Å². The molecule has 8 heteroatoms. The van der Waals surface area contributed by atoms with Crippen LogP contribution in [-0.2, 0) is 4.57 Å². The second kappa shape index (κ2) is 9.76. The lowest BCUT2D eigenvalue weighted by Gasteiger charge is -2.13. The highest BCUT2D eigenvalue weighted by molar-refractivity contribution is 7.72. The average molecular weight is 477 g/mol. The summed E-state index contributed by atoms with van der Waals surface area (Å²) in [6.45, 7) is 3.21. The van der Waals surface area contributed by atoms with Crippen molar-refractivity contribution < 1.29 is 9.36 Å². The molecule has 0 saturated carbocycles. The fourth-order valence-corrected chi connectivity index (χ4v) is 6.67. The number of anilines is 1. The lowest BCUT2D eigenvalue weighted by Crippen LogP contribution is -1.94. The standard InChI is InChI=1S/C22H19Cl2N2O2PS/c1-15-21(16(2)27)30-22(25-15)26-29(28,13-19(23)17-9-5-3-6-10-17)14-20(24)18-11-7-4-8-12-18/h3-14H,1-2H3,(H,25,26,28). The molecule has 2 aromatic carbocycles. The zero-order chi connectivity index (χ0) is 21.7. The van der Waals surface area contributed by atoms with Gasteiger partial charge in [-0.05, 0) is 18.1 Å². The Morgan fingerprint density at radius 1 is 0.967 bits per heavy atom. The molecular weight excluding hydrogens is 458 g/mol. The number of carbonyl (C=O) groups is 1. The summed E-state index contributed by atoms with van der Waals surface area (Å²) >= 11 is 14.1. The summed E-state index contributed by atoms with van der Waals surface area (Å²) < 4.78 is 13.9. The molecule has 0 bridgehead atoms. The molecule has 0 saturated heterocycles. The van der Waals surface area contributed by atoms with Crippen LogP contribution in [0.25, 0.3) is 10.1 Å². The molecule has 1 N–H and O–H groups in total. The van der Waals surface area contributed by atoms with Gasteiger partial charge < -0.3 is 5.09 Å². The highest BCUT2D eigenvalue weighted by Gasteiger charge is 2.22. The molecule has 0 atom stereocenters. The van der Waals surface area contributed by atoms with Gasteiger partial charge in [-0.15, -0.1) is 0 Å². The van der Waals surface area contributed by atoms with Gasteiger partial charge in [0.05, 0.1) is 20.6 Å². The van der Waals surface area contributed by atoms with Crippen molar-refractivity contribution in [2.75, 3.05) is 5.09 Å². The number of hydrogen-bond donors (Lipinski definition) is 1. The predicted octanol–water partition coefficient (Wildman–Crippen LogP) is 7.82. The fraction of sp³-hybridized carbons (Fsp3) is 0.0909. The summed E-state index contributed by atoms with van der Waals surface area (Å²) in [5, 5.41) is 3.97. The smallest absolute Gasteiger partial charge is 0.217 e. The molecule has 1 aromatic heterocycles. The van der Waals surface area contributed by atoms with E-state index >= 15 is 0 Å². The fourth-order valence-electron chi connectivity index (χ4n) is 2.70. The summed E-state index contributed by atoms with van der Waals surface area (Å²) in [7, 11) is -3.42. The van der Waals surface area contributed by atoms with Crippen molar-refractivity contribution in [1.29, 1.82) is 0 Å². The largest absolute Gasteiger partial charge is 0.306 e.